The van der Waals surface area contributed by atoms with Gasteiger partial charge in [0.25, 0.3) is 0 Å². The monoisotopic (exact) mass is 761 g/mol. The number of carbonyl (C=O) groups excluding carboxylic acids is 2. The molecule has 0 fully saturated rings. The Kier molecular flexibility index (Phi) is 40.3. The van der Waals surface area contributed by atoms with Crippen molar-refractivity contribution in [3.05, 3.63) is 24.3 Å². The summed E-state index contributed by atoms with van der Waals surface area (Å²) in [7, 11) is 0. The summed E-state index contributed by atoms with van der Waals surface area (Å²) in [5.74, 6) is -1.23. The minimum atomic E-state index is -1.00. The van der Waals surface area contributed by atoms with E-state index in [0.717, 1.165) is 70.6 Å². The lowest BCUT2D eigenvalue weighted by molar-refractivity contribution is -0.150. The van der Waals surface area contributed by atoms with Crippen molar-refractivity contribution in [3.63, 3.8) is 0 Å². The van der Waals surface area contributed by atoms with E-state index in [2.05, 4.69) is 43.5 Å². The maximum atomic E-state index is 12.8. The van der Waals surface area contributed by atoms with Crippen LogP contribution in [0.5, 0.6) is 0 Å². The number of amides is 1. The van der Waals surface area contributed by atoms with Crippen molar-refractivity contribution in [3.8, 4) is 0 Å². The molecule has 2 atom stereocenters. The number of carbonyl (C=O) groups is 3. The molecular formula is C47H88N2O5. The van der Waals surface area contributed by atoms with E-state index in [0.29, 0.717) is 32.2 Å². The highest BCUT2D eigenvalue weighted by atomic mass is 16.5. The second-order valence-electron chi connectivity index (χ2n) is 15.8. The number of hydrogen-bond donors (Lipinski definition) is 3. The van der Waals surface area contributed by atoms with Crippen LogP contribution in [0.15, 0.2) is 24.3 Å². The van der Waals surface area contributed by atoms with Gasteiger partial charge >= 0.3 is 11.9 Å². The van der Waals surface area contributed by atoms with Crippen LogP contribution >= 0.6 is 0 Å². The van der Waals surface area contributed by atoms with E-state index in [-0.39, 0.29) is 18.0 Å². The number of carboxylic acids is 1. The van der Waals surface area contributed by atoms with Crippen LogP contribution in [0.4, 0.5) is 0 Å². The highest BCUT2D eigenvalue weighted by Crippen LogP contribution is 2.19. The van der Waals surface area contributed by atoms with Gasteiger partial charge in [-0.05, 0) is 90.0 Å². The topological polar surface area (TPSA) is 119 Å². The molecule has 0 spiro atoms. The summed E-state index contributed by atoms with van der Waals surface area (Å²) in [4.78, 5) is 36.3. The van der Waals surface area contributed by atoms with Crippen LogP contribution in [0.25, 0.3) is 0 Å². The van der Waals surface area contributed by atoms with E-state index in [1.165, 1.54) is 128 Å². The summed E-state index contributed by atoms with van der Waals surface area (Å²) in [5.41, 5.74) is 5.48. The molecule has 2 unspecified atom stereocenters. The normalized spacial score (nSPS) is 12.8. The number of nitrogens with two attached hydrogens (primary N) is 1. The summed E-state index contributed by atoms with van der Waals surface area (Å²) in [6.07, 6.45) is 48.1. The molecule has 7 nitrogen and oxygen atoms in total. The van der Waals surface area contributed by atoms with Crippen LogP contribution in [0.3, 0.4) is 0 Å². The van der Waals surface area contributed by atoms with Gasteiger partial charge in [0.1, 0.15) is 12.1 Å². The third kappa shape index (κ3) is 38.1. The van der Waals surface area contributed by atoms with Crippen molar-refractivity contribution in [1.29, 1.82) is 0 Å². The van der Waals surface area contributed by atoms with Crippen LogP contribution in [-0.4, -0.2) is 41.6 Å². The summed E-state index contributed by atoms with van der Waals surface area (Å²) >= 11 is 0. The van der Waals surface area contributed by atoms with E-state index in [1.807, 2.05) is 0 Å². The Morgan fingerprint density at radius 1 is 0.537 bits per heavy atom. The van der Waals surface area contributed by atoms with Gasteiger partial charge < -0.3 is 20.9 Å². The molecule has 0 radical (unpaired) electrons. The van der Waals surface area contributed by atoms with Gasteiger partial charge in [-0.25, -0.2) is 4.79 Å². The second-order valence-corrected chi connectivity index (χ2v) is 15.8. The molecule has 7 heteroatoms. The molecule has 0 aliphatic heterocycles. The maximum Gasteiger partial charge on any atom is 0.326 e. The smallest absolute Gasteiger partial charge is 0.326 e. The molecule has 0 aromatic carbocycles. The molecule has 0 rings (SSSR count). The molecule has 0 heterocycles. The quantitative estimate of drug-likeness (QED) is 0.0324. The average Bonchev–Trinajstić information content (AvgIpc) is 3.16. The first-order valence-corrected chi connectivity index (χ1v) is 23.2. The molecule has 0 aliphatic carbocycles. The van der Waals surface area contributed by atoms with E-state index in [9.17, 15) is 19.5 Å². The summed E-state index contributed by atoms with van der Waals surface area (Å²) in [6.45, 7) is 4.93. The second kappa shape index (κ2) is 42.0. The van der Waals surface area contributed by atoms with E-state index >= 15 is 0 Å². The lowest BCUT2D eigenvalue weighted by Crippen LogP contribution is -2.40. The average molecular weight is 761 g/mol. The fourth-order valence-corrected chi connectivity index (χ4v) is 7.01. The van der Waals surface area contributed by atoms with Crippen LogP contribution < -0.4 is 11.1 Å². The van der Waals surface area contributed by atoms with Gasteiger partial charge in [0, 0.05) is 12.8 Å². The Hall–Kier alpha value is -2.15. The van der Waals surface area contributed by atoms with Crippen molar-refractivity contribution in [2.45, 2.75) is 251 Å². The Morgan fingerprint density at radius 2 is 0.963 bits per heavy atom. The zero-order valence-electron chi connectivity index (χ0n) is 35.6. The molecule has 0 aromatic rings. The van der Waals surface area contributed by atoms with Gasteiger partial charge in [-0.2, -0.15) is 0 Å². The van der Waals surface area contributed by atoms with Crippen LogP contribution in [-0.2, 0) is 19.1 Å². The molecule has 0 saturated heterocycles. The maximum absolute atomic E-state index is 12.8. The predicted molar refractivity (Wildman–Crippen MR) is 230 cm³/mol. The van der Waals surface area contributed by atoms with Gasteiger partial charge in [0.05, 0.1) is 0 Å². The summed E-state index contributed by atoms with van der Waals surface area (Å²) in [5, 5.41) is 11.9. The SMILES string of the molecule is CCCCCCC/C=C\C/C=C\CCCCCCCCCCCC(=O)OC(CCCCCCCCC)CCCCCCCC(=O)NC(CCCN)C(=O)O. The molecular weight excluding hydrogens is 673 g/mol. The van der Waals surface area contributed by atoms with E-state index < -0.39 is 12.0 Å². The number of carboxylic acid groups (broad SMARTS) is 1. The lowest BCUT2D eigenvalue weighted by Gasteiger charge is -2.18. The third-order valence-corrected chi connectivity index (χ3v) is 10.5. The van der Waals surface area contributed by atoms with Crippen LogP contribution in [0.2, 0.25) is 0 Å². The first-order valence-electron chi connectivity index (χ1n) is 23.2. The highest BCUT2D eigenvalue weighted by molar-refractivity contribution is 5.83. The largest absolute Gasteiger partial charge is 0.480 e. The van der Waals surface area contributed by atoms with Gasteiger partial charge in [0.2, 0.25) is 5.91 Å². The number of nitrogens with one attached hydrogen (secondary N) is 1. The van der Waals surface area contributed by atoms with Crippen LogP contribution in [0, 0.1) is 0 Å². The zero-order valence-corrected chi connectivity index (χ0v) is 35.6. The van der Waals surface area contributed by atoms with Gasteiger partial charge in [-0.15, -0.1) is 0 Å². The number of hydrogen-bond acceptors (Lipinski definition) is 5. The number of allylic oxidation sites excluding steroid dienone is 4. The minimum Gasteiger partial charge on any atom is -0.480 e. The number of ether oxygens (including phenoxy) is 1. The van der Waals surface area contributed by atoms with E-state index in [4.69, 9.17) is 10.5 Å². The molecule has 0 saturated carbocycles. The molecule has 4 N–H and O–H groups in total. The summed E-state index contributed by atoms with van der Waals surface area (Å²) < 4.78 is 6.03. The van der Waals surface area contributed by atoms with Gasteiger partial charge in [-0.3, -0.25) is 9.59 Å². The Labute approximate surface area is 333 Å². The third-order valence-electron chi connectivity index (χ3n) is 10.5. The predicted octanol–water partition coefficient (Wildman–Crippen LogP) is 13.2. The van der Waals surface area contributed by atoms with Crippen molar-refractivity contribution in [1.82, 2.24) is 5.32 Å². The molecule has 0 aromatic heterocycles. The van der Waals surface area contributed by atoms with Crippen molar-refractivity contribution < 1.29 is 24.2 Å². The van der Waals surface area contributed by atoms with Crippen LogP contribution in [0.1, 0.15) is 239 Å². The first-order chi connectivity index (χ1) is 26.4. The summed E-state index contributed by atoms with van der Waals surface area (Å²) in [6, 6.07) is -0.854. The van der Waals surface area contributed by atoms with Crippen molar-refractivity contribution in [2.75, 3.05) is 6.54 Å². The van der Waals surface area contributed by atoms with Gasteiger partial charge in [0.15, 0.2) is 0 Å². The number of rotatable bonds is 42. The molecule has 0 bridgehead atoms. The molecule has 54 heavy (non-hydrogen) atoms. The Morgan fingerprint density at radius 3 is 1.43 bits per heavy atom. The number of aliphatic carboxylic acids is 1. The number of unbranched alkanes of at least 4 members (excludes halogenated alkanes) is 24. The fourth-order valence-electron chi connectivity index (χ4n) is 7.01. The zero-order chi connectivity index (χ0) is 39.6. The highest BCUT2D eigenvalue weighted by Gasteiger charge is 2.19. The molecule has 0 aliphatic rings. The Bertz CT molecular complexity index is 905. The van der Waals surface area contributed by atoms with Gasteiger partial charge in [-0.1, -0.05) is 167 Å². The lowest BCUT2D eigenvalue weighted by atomic mass is 10.0. The van der Waals surface area contributed by atoms with E-state index in [1.54, 1.807) is 0 Å². The standard InChI is InChI=1S/C47H88N2O5/c1-3-5-7-9-11-12-13-14-15-16-17-18-19-20-21-22-23-24-26-31-35-41-46(51)54-43(37-32-28-25-10-8-6-4-2)38-33-29-27-30-34-40-45(50)49-44(47(52)53)39-36-42-48/h13-14,16-17,43-44H,3-12,15,18-42,48H2,1-2H3,(H,49,50)(H,52,53)/b14-13-,17-16-. The fraction of sp³-hybridized carbons (Fsp3) is 0.851. The van der Waals surface area contributed by atoms with Crippen molar-refractivity contribution >= 4 is 17.8 Å². The van der Waals surface area contributed by atoms with Crippen molar-refractivity contribution in [2.24, 2.45) is 5.73 Å². The molecule has 316 valence electrons. The Balaban J connectivity index is 4.07. The molecule has 1 amide bonds. The first kappa shape index (κ1) is 51.9. The minimum absolute atomic E-state index is 0.0163. The number of esters is 1.